The minimum atomic E-state index is -0.369. The van der Waals surface area contributed by atoms with Crippen LogP contribution in [0.1, 0.15) is 40.1 Å². The van der Waals surface area contributed by atoms with Gasteiger partial charge in [0.15, 0.2) is 0 Å². The van der Waals surface area contributed by atoms with Crippen molar-refractivity contribution in [3.8, 4) is 5.75 Å². The largest absolute Gasteiger partial charge is 0.488 e. The molecule has 3 aromatic rings. The number of carbonyl (C=O) groups excluding carboxylic acids is 2. The highest BCUT2D eigenvalue weighted by atomic mass is 16.5. The molecule has 194 valence electrons. The molecule has 0 spiro atoms. The second-order valence-electron chi connectivity index (χ2n) is 9.58. The van der Waals surface area contributed by atoms with Crippen LogP contribution in [-0.4, -0.2) is 75.6 Å². The lowest BCUT2D eigenvalue weighted by Gasteiger charge is -2.38. The number of hydrogen-bond donors (Lipinski definition) is 2. The zero-order valence-corrected chi connectivity index (χ0v) is 21.4. The highest BCUT2D eigenvalue weighted by Gasteiger charge is 2.33. The Hall–Kier alpha value is -3.82. The van der Waals surface area contributed by atoms with Crippen molar-refractivity contribution < 1.29 is 19.4 Å². The fraction of sp³-hybridized carbons (Fsp3) is 0.357. The summed E-state index contributed by atoms with van der Waals surface area (Å²) in [7, 11) is 2.03. The van der Waals surface area contributed by atoms with E-state index in [-0.39, 0.29) is 36.5 Å². The normalized spacial score (nSPS) is 18.4. The number of hydrogen-bond acceptors (Lipinski definition) is 7. The van der Waals surface area contributed by atoms with E-state index in [4.69, 9.17) is 4.74 Å². The highest BCUT2D eigenvalue weighted by molar-refractivity contribution is 6.05. The van der Waals surface area contributed by atoms with E-state index in [0.29, 0.717) is 35.7 Å². The van der Waals surface area contributed by atoms with Crippen molar-refractivity contribution in [1.29, 1.82) is 0 Å². The molecule has 2 amide bonds. The van der Waals surface area contributed by atoms with E-state index in [2.05, 4.69) is 27.1 Å². The minimum absolute atomic E-state index is 0.0112. The van der Waals surface area contributed by atoms with E-state index in [1.54, 1.807) is 60.0 Å². The molecule has 1 aliphatic rings. The van der Waals surface area contributed by atoms with Gasteiger partial charge in [-0.05, 0) is 62.0 Å². The van der Waals surface area contributed by atoms with Crippen LogP contribution in [0.5, 0.6) is 5.75 Å². The minimum Gasteiger partial charge on any atom is -0.488 e. The molecule has 1 aromatic carbocycles. The number of nitrogens with one attached hydrogen (secondary N) is 1. The molecular formula is C28H33N5O4. The van der Waals surface area contributed by atoms with Crippen LogP contribution in [0.15, 0.2) is 67.3 Å². The number of fused-ring (bicyclic) bond motifs is 1. The SMILES string of the molecule is C[C@H](CO)N1C[C@H](C)[C@@H](CN(C)Cc2ccncc2)Oc2ccc(NC(=O)c3ccncc3)cc2C1=O. The van der Waals surface area contributed by atoms with Crippen molar-refractivity contribution in [2.24, 2.45) is 5.92 Å². The number of aromatic nitrogens is 2. The van der Waals surface area contributed by atoms with Crippen molar-refractivity contribution in [1.82, 2.24) is 19.8 Å². The number of amides is 2. The number of rotatable bonds is 8. The molecule has 0 aliphatic carbocycles. The van der Waals surface area contributed by atoms with Gasteiger partial charge in [0.1, 0.15) is 11.9 Å². The number of carbonyl (C=O) groups is 2. The molecule has 0 unspecified atom stereocenters. The summed E-state index contributed by atoms with van der Waals surface area (Å²) in [4.78, 5) is 38.2. The van der Waals surface area contributed by atoms with E-state index >= 15 is 0 Å². The van der Waals surface area contributed by atoms with Crippen LogP contribution in [-0.2, 0) is 6.54 Å². The fourth-order valence-corrected chi connectivity index (χ4v) is 4.40. The molecule has 3 heterocycles. The smallest absolute Gasteiger partial charge is 0.258 e. The van der Waals surface area contributed by atoms with Gasteiger partial charge in [-0.2, -0.15) is 0 Å². The first-order valence-electron chi connectivity index (χ1n) is 12.4. The summed E-state index contributed by atoms with van der Waals surface area (Å²) in [6.45, 7) is 5.54. The van der Waals surface area contributed by atoms with Crippen molar-refractivity contribution in [2.45, 2.75) is 32.5 Å². The molecule has 4 rings (SSSR count). The molecule has 37 heavy (non-hydrogen) atoms. The summed E-state index contributed by atoms with van der Waals surface area (Å²) >= 11 is 0. The zero-order valence-electron chi connectivity index (χ0n) is 21.4. The number of nitrogens with zero attached hydrogens (tertiary/aromatic N) is 4. The molecule has 9 heteroatoms. The lowest BCUT2D eigenvalue weighted by atomic mass is 9.99. The van der Waals surface area contributed by atoms with Gasteiger partial charge in [-0.15, -0.1) is 0 Å². The molecule has 0 saturated carbocycles. The van der Waals surface area contributed by atoms with Crippen molar-refractivity contribution >= 4 is 17.5 Å². The van der Waals surface area contributed by atoms with Gasteiger partial charge in [-0.25, -0.2) is 0 Å². The third kappa shape index (κ3) is 6.49. The van der Waals surface area contributed by atoms with Crippen LogP contribution in [0.2, 0.25) is 0 Å². The fourth-order valence-electron chi connectivity index (χ4n) is 4.40. The maximum atomic E-state index is 13.6. The van der Waals surface area contributed by atoms with Gasteiger partial charge < -0.3 is 20.1 Å². The third-order valence-corrected chi connectivity index (χ3v) is 6.56. The van der Waals surface area contributed by atoms with Crippen LogP contribution >= 0.6 is 0 Å². The van der Waals surface area contributed by atoms with Gasteiger partial charge in [-0.3, -0.25) is 24.5 Å². The van der Waals surface area contributed by atoms with Crippen molar-refractivity contribution in [2.75, 3.05) is 32.1 Å². The first-order valence-corrected chi connectivity index (χ1v) is 12.4. The molecule has 0 bridgehead atoms. The molecule has 0 saturated heterocycles. The first kappa shape index (κ1) is 26.2. The predicted molar refractivity (Wildman–Crippen MR) is 140 cm³/mol. The topological polar surface area (TPSA) is 108 Å². The van der Waals surface area contributed by atoms with Crippen LogP contribution < -0.4 is 10.1 Å². The molecule has 0 fully saturated rings. The molecular weight excluding hydrogens is 470 g/mol. The molecule has 0 radical (unpaired) electrons. The number of pyridine rings is 2. The second kappa shape index (κ2) is 11.9. The maximum absolute atomic E-state index is 13.6. The number of ether oxygens (including phenoxy) is 1. The van der Waals surface area contributed by atoms with Gasteiger partial charge in [0.25, 0.3) is 11.8 Å². The Morgan fingerprint density at radius 2 is 1.84 bits per heavy atom. The zero-order chi connectivity index (χ0) is 26.4. The summed E-state index contributed by atoms with van der Waals surface area (Å²) in [6, 6.07) is 11.9. The number of anilines is 1. The lowest BCUT2D eigenvalue weighted by molar-refractivity contribution is 0.0341. The van der Waals surface area contributed by atoms with Crippen LogP contribution in [0.4, 0.5) is 5.69 Å². The van der Waals surface area contributed by atoms with E-state index in [9.17, 15) is 14.7 Å². The Labute approximate surface area is 217 Å². The van der Waals surface area contributed by atoms with Crippen LogP contribution in [0.3, 0.4) is 0 Å². The monoisotopic (exact) mass is 503 g/mol. The Morgan fingerprint density at radius 3 is 2.51 bits per heavy atom. The third-order valence-electron chi connectivity index (χ3n) is 6.56. The van der Waals surface area contributed by atoms with E-state index in [0.717, 1.165) is 12.1 Å². The van der Waals surface area contributed by atoms with Crippen LogP contribution in [0.25, 0.3) is 0 Å². The van der Waals surface area contributed by atoms with E-state index < -0.39 is 0 Å². The number of likely N-dealkylation sites (N-methyl/N-ethyl adjacent to an activating group) is 1. The van der Waals surface area contributed by atoms with E-state index in [1.165, 1.54) is 0 Å². The van der Waals surface area contributed by atoms with E-state index in [1.807, 2.05) is 26.1 Å². The van der Waals surface area contributed by atoms with Crippen LogP contribution in [0, 0.1) is 5.92 Å². The van der Waals surface area contributed by atoms with Gasteiger partial charge >= 0.3 is 0 Å². The molecule has 3 atom stereocenters. The number of aliphatic hydroxyl groups excluding tert-OH is 1. The average Bonchev–Trinajstić information content (AvgIpc) is 2.91. The summed E-state index contributed by atoms with van der Waals surface area (Å²) in [6.07, 6.45) is 6.45. The van der Waals surface area contributed by atoms with Gasteiger partial charge in [0.2, 0.25) is 0 Å². The standard InChI is InChI=1S/C28H33N5O4/c1-19-15-33(20(2)18-34)28(36)24-14-23(31-27(35)22-8-12-30-13-9-22)4-5-25(24)37-26(19)17-32(3)16-21-6-10-29-11-7-21/h4-14,19-20,26,34H,15-18H2,1-3H3,(H,31,35)/t19-,20+,26+/m0/s1. The van der Waals surface area contributed by atoms with Gasteiger partial charge in [-0.1, -0.05) is 6.92 Å². The summed E-state index contributed by atoms with van der Waals surface area (Å²) in [5, 5.41) is 12.7. The predicted octanol–water partition coefficient (Wildman–Crippen LogP) is 3.08. The molecule has 1 aliphatic heterocycles. The Balaban J connectivity index is 1.60. The molecule has 9 nitrogen and oxygen atoms in total. The Morgan fingerprint density at radius 1 is 1.16 bits per heavy atom. The average molecular weight is 504 g/mol. The molecule has 2 aromatic heterocycles. The molecule has 2 N–H and O–H groups in total. The quantitative estimate of drug-likeness (QED) is 0.486. The van der Waals surface area contributed by atoms with Crippen molar-refractivity contribution in [3.63, 3.8) is 0 Å². The number of aliphatic hydroxyl groups is 1. The Bertz CT molecular complexity index is 1210. The maximum Gasteiger partial charge on any atom is 0.258 e. The summed E-state index contributed by atoms with van der Waals surface area (Å²) in [5.41, 5.74) is 2.44. The Kier molecular flexibility index (Phi) is 8.47. The lowest BCUT2D eigenvalue weighted by Crippen LogP contribution is -2.49. The van der Waals surface area contributed by atoms with Crippen molar-refractivity contribution in [3.05, 3.63) is 83.9 Å². The number of benzene rings is 1. The second-order valence-corrected chi connectivity index (χ2v) is 9.58. The summed E-state index contributed by atoms with van der Waals surface area (Å²) in [5.74, 6) is -0.0775. The summed E-state index contributed by atoms with van der Waals surface area (Å²) < 4.78 is 6.45. The van der Waals surface area contributed by atoms with Gasteiger partial charge in [0, 0.05) is 61.6 Å². The first-order chi connectivity index (χ1) is 17.9. The highest BCUT2D eigenvalue weighted by Crippen LogP contribution is 2.31. The van der Waals surface area contributed by atoms with Gasteiger partial charge in [0.05, 0.1) is 18.2 Å².